The van der Waals surface area contributed by atoms with Gasteiger partial charge in [0.25, 0.3) is 0 Å². The molecule has 0 amide bonds. The number of halogens is 2. The Kier molecular flexibility index (Phi) is 4.76. The van der Waals surface area contributed by atoms with Crippen molar-refractivity contribution in [2.24, 2.45) is 5.84 Å². The number of hydrogen-bond donors (Lipinski definition) is 2. The number of benzene rings is 2. The Morgan fingerprint density at radius 1 is 1.15 bits per heavy atom. The molecule has 2 rings (SSSR count). The van der Waals surface area contributed by atoms with Crippen LogP contribution < -0.4 is 11.3 Å². The van der Waals surface area contributed by atoms with Crippen LogP contribution >= 0.6 is 11.6 Å². The minimum Gasteiger partial charge on any atom is -0.271 e. The van der Waals surface area contributed by atoms with Crippen LogP contribution in [-0.4, -0.2) is 0 Å². The van der Waals surface area contributed by atoms with Gasteiger partial charge in [0.1, 0.15) is 5.82 Å². The molecular weight excluding hydrogens is 275 g/mol. The molecule has 0 radical (unpaired) electrons. The van der Waals surface area contributed by atoms with Crippen LogP contribution in [-0.2, 0) is 6.42 Å². The summed E-state index contributed by atoms with van der Waals surface area (Å²) in [7, 11) is 0. The van der Waals surface area contributed by atoms with Crippen LogP contribution in [0.4, 0.5) is 4.39 Å². The zero-order valence-corrected chi connectivity index (χ0v) is 12.3. The summed E-state index contributed by atoms with van der Waals surface area (Å²) in [5.74, 6) is 5.30. The van der Waals surface area contributed by atoms with Gasteiger partial charge < -0.3 is 0 Å². The Balaban J connectivity index is 2.37. The highest BCUT2D eigenvalue weighted by molar-refractivity contribution is 6.30. The fourth-order valence-corrected chi connectivity index (χ4v) is 2.74. The van der Waals surface area contributed by atoms with Crippen molar-refractivity contribution in [2.45, 2.75) is 26.3 Å². The van der Waals surface area contributed by atoms with Gasteiger partial charge in [0, 0.05) is 0 Å². The second kappa shape index (κ2) is 6.35. The van der Waals surface area contributed by atoms with Crippen LogP contribution in [0, 0.1) is 19.7 Å². The zero-order chi connectivity index (χ0) is 14.7. The number of hydrogen-bond acceptors (Lipinski definition) is 2. The maximum atomic E-state index is 14.0. The van der Waals surface area contributed by atoms with Gasteiger partial charge >= 0.3 is 0 Å². The monoisotopic (exact) mass is 292 g/mol. The van der Waals surface area contributed by atoms with Crippen LogP contribution in [0.2, 0.25) is 5.02 Å². The fraction of sp³-hybridized carbons (Fsp3) is 0.250. The summed E-state index contributed by atoms with van der Waals surface area (Å²) in [6.07, 6.45) is 0.453. The highest BCUT2D eigenvalue weighted by Crippen LogP contribution is 2.27. The van der Waals surface area contributed by atoms with Gasteiger partial charge in [-0.1, -0.05) is 41.9 Å². The minimum absolute atomic E-state index is 0.139. The van der Waals surface area contributed by atoms with Gasteiger partial charge in [-0.2, -0.15) is 0 Å². The van der Waals surface area contributed by atoms with Crippen LogP contribution in [0.3, 0.4) is 0 Å². The summed E-state index contributed by atoms with van der Waals surface area (Å²) in [5.41, 5.74) is 6.72. The number of nitrogens with one attached hydrogen (secondary N) is 1. The predicted molar refractivity (Wildman–Crippen MR) is 81.1 cm³/mol. The van der Waals surface area contributed by atoms with Gasteiger partial charge in [0.05, 0.1) is 11.1 Å². The summed E-state index contributed by atoms with van der Waals surface area (Å²) in [6, 6.07) is 10.9. The van der Waals surface area contributed by atoms with Crippen molar-refractivity contribution < 1.29 is 4.39 Å². The predicted octanol–water partition coefficient (Wildman–Crippen LogP) is 3.84. The Labute approximate surface area is 123 Å². The van der Waals surface area contributed by atoms with Crippen LogP contribution in [0.1, 0.15) is 28.3 Å². The lowest BCUT2D eigenvalue weighted by Crippen LogP contribution is -2.31. The number of rotatable bonds is 4. The molecule has 0 aromatic heterocycles. The van der Waals surface area contributed by atoms with E-state index in [9.17, 15) is 4.39 Å². The summed E-state index contributed by atoms with van der Waals surface area (Å²) in [5, 5.41) is 0.139. The van der Waals surface area contributed by atoms with E-state index in [1.165, 1.54) is 0 Å². The van der Waals surface area contributed by atoms with Crippen LogP contribution in [0.25, 0.3) is 0 Å². The first kappa shape index (κ1) is 15.0. The molecule has 2 aromatic carbocycles. The first-order valence-electron chi connectivity index (χ1n) is 6.49. The highest BCUT2D eigenvalue weighted by Gasteiger charge is 2.17. The molecule has 0 fully saturated rings. The van der Waals surface area contributed by atoms with Crippen molar-refractivity contribution in [2.75, 3.05) is 0 Å². The van der Waals surface area contributed by atoms with Gasteiger partial charge in [-0.3, -0.25) is 11.3 Å². The molecule has 4 heteroatoms. The standard InChI is InChI=1S/C16H18ClFN2/c1-10-5-3-6-11(2)15(10)14(20-19)9-12-7-4-8-13(17)16(12)18/h3-8,14,20H,9,19H2,1-2H3. The number of nitrogens with two attached hydrogens (primary N) is 1. The van der Waals surface area contributed by atoms with Gasteiger partial charge in [-0.15, -0.1) is 0 Å². The zero-order valence-electron chi connectivity index (χ0n) is 11.6. The third-order valence-electron chi connectivity index (χ3n) is 3.55. The number of aryl methyl sites for hydroxylation is 2. The van der Waals surface area contributed by atoms with Gasteiger partial charge in [0.2, 0.25) is 0 Å². The van der Waals surface area contributed by atoms with Gasteiger partial charge in [-0.25, -0.2) is 4.39 Å². The normalized spacial score (nSPS) is 12.4. The quantitative estimate of drug-likeness (QED) is 0.664. The topological polar surface area (TPSA) is 38.0 Å². The second-order valence-electron chi connectivity index (χ2n) is 4.94. The van der Waals surface area contributed by atoms with Crippen LogP contribution in [0.5, 0.6) is 0 Å². The molecule has 106 valence electrons. The molecule has 3 N–H and O–H groups in total. The van der Waals surface area contributed by atoms with E-state index in [-0.39, 0.29) is 16.9 Å². The summed E-state index contributed by atoms with van der Waals surface area (Å²) < 4.78 is 14.0. The van der Waals surface area contributed by atoms with Crippen molar-refractivity contribution in [1.29, 1.82) is 0 Å². The minimum atomic E-state index is -0.374. The molecule has 0 heterocycles. The van der Waals surface area contributed by atoms with E-state index in [4.69, 9.17) is 17.4 Å². The molecule has 2 nitrogen and oxygen atoms in total. The molecule has 20 heavy (non-hydrogen) atoms. The molecule has 1 unspecified atom stereocenters. The lowest BCUT2D eigenvalue weighted by Gasteiger charge is -2.21. The number of hydrazine groups is 1. The lowest BCUT2D eigenvalue weighted by atomic mass is 9.92. The average Bonchev–Trinajstić information content (AvgIpc) is 2.42. The maximum absolute atomic E-state index is 14.0. The third kappa shape index (κ3) is 3.01. The Morgan fingerprint density at radius 3 is 2.35 bits per heavy atom. The van der Waals surface area contributed by atoms with Gasteiger partial charge in [0.15, 0.2) is 0 Å². The molecule has 0 saturated heterocycles. The van der Waals surface area contributed by atoms with E-state index in [1.54, 1.807) is 18.2 Å². The molecular formula is C16H18ClFN2. The Bertz CT molecular complexity index is 593. The van der Waals surface area contributed by atoms with Crippen molar-refractivity contribution in [3.05, 3.63) is 69.5 Å². The van der Waals surface area contributed by atoms with Crippen molar-refractivity contribution in [3.63, 3.8) is 0 Å². The Hall–Kier alpha value is -1.42. The van der Waals surface area contributed by atoms with Crippen LogP contribution in [0.15, 0.2) is 36.4 Å². The van der Waals surface area contributed by atoms with E-state index in [1.807, 2.05) is 32.0 Å². The molecule has 0 saturated carbocycles. The molecule has 1 atom stereocenters. The highest BCUT2D eigenvalue weighted by atomic mass is 35.5. The molecule has 0 spiro atoms. The molecule has 0 aliphatic carbocycles. The molecule has 0 aliphatic rings. The summed E-state index contributed by atoms with van der Waals surface area (Å²) in [6.45, 7) is 4.06. The van der Waals surface area contributed by atoms with E-state index in [2.05, 4.69) is 5.43 Å². The van der Waals surface area contributed by atoms with Crippen molar-refractivity contribution in [3.8, 4) is 0 Å². The van der Waals surface area contributed by atoms with Crippen molar-refractivity contribution >= 4 is 11.6 Å². The largest absolute Gasteiger partial charge is 0.271 e. The smallest absolute Gasteiger partial charge is 0.145 e. The lowest BCUT2D eigenvalue weighted by molar-refractivity contribution is 0.525. The maximum Gasteiger partial charge on any atom is 0.145 e. The third-order valence-corrected chi connectivity index (χ3v) is 3.84. The fourth-order valence-electron chi connectivity index (χ4n) is 2.55. The molecule has 0 bridgehead atoms. The first-order valence-corrected chi connectivity index (χ1v) is 6.87. The molecule has 2 aromatic rings. The Morgan fingerprint density at radius 2 is 1.75 bits per heavy atom. The van der Waals surface area contributed by atoms with E-state index >= 15 is 0 Å². The average molecular weight is 293 g/mol. The van der Waals surface area contributed by atoms with Gasteiger partial charge in [-0.05, 0) is 48.6 Å². The molecule has 0 aliphatic heterocycles. The summed E-state index contributed by atoms with van der Waals surface area (Å²) in [4.78, 5) is 0. The second-order valence-corrected chi connectivity index (χ2v) is 5.35. The van der Waals surface area contributed by atoms with Crippen molar-refractivity contribution in [1.82, 2.24) is 5.43 Å². The first-order chi connectivity index (χ1) is 9.54. The van der Waals surface area contributed by atoms with E-state index in [0.717, 1.165) is 16.7 Å². The van der Waals surface area contributed by atoms with E-state index in [0.29, 0.717) is 12.0 Å². The van der Waals surface area contributed by atoms with E-state index < -0.39 is 0 Å². The summed E-state index contributed by atoms with van der Waals surface area (Å²) >= 11 is 5.82. The SMILES string of the molecule is Cc1cccc(C)c1C(Cc1cccc(Cl)c1F)NN.